The molecule has 0 heterocycles. The Morgan fingerprint density at radius 2 is 1.27 bits per heavy atom. The molecule has 0 fully saturated rings. The first-order chi connectivity index (χ1) is 7.24. The fraction of sp³-hybridized carbons (Fsp3) is 0. The van der Waals surface area contributed by atoms with Crippen LogP contribution in [0.2, 0.25) is 0 Å². The zero-order valence-electron chi connectivity index (χ0n) is 8.14. The van der Waals surface area contributed by atoms with E-state index in [4.69, 9.17) is 5.73 Å². The van der Waals surface area contributed by atoms with Gasteiger partial charge in [-0.1, -0.05) is 0 Å². The minimum atomic E-state index is 0.770. The lowest BCUT2D eigenvalue weighted by Crippen LogP contribution is -1.90. The second kappa shape index (κ2) is 4.28. The Labute approximate surface area is 94.5 Å². The molecule has 0 bridgehead atoms. The molecule has 0 aliphatic carbocycles. The van der Waals surface area contributed by atoms with E-state index in [9.17, 15) is 0 Å². The Kier molecular flexibility index (Phi) is 2.83. The topological polar surface area (TPSA) is 38.0 Å². The molecule has 3 heteroatoms. The van der Waals surface area contributed by atoms with Gasteiger partial charge in [-0.25, -0.2) is 0 Å². The van der Waals surface area contributed by atoms with Crippen LogP contribution in [0.25, 0.3) is 0 Å². The monoisotopic (exact) mass is 216 g/mol. The fourth-order valence-corrected chi connectivity index (χ4v) is 1.43. The van der Waals surface area contributed by atoms with Crippen LogP contribution in [0.3, 0.4) is 0 Å². The van der Waals surface area contributed by atoms with E-state index in [1.165, 1.54) is 0 Å². The van der Waals surface area contributed by atoms with Gasteiger partial charge in [0, 0.05) is 22.0 Å². The number of hydrogen-bond donors (Lipinski definition) is 3. The molecule has 3 N–H and O–H groups in total. The van der Waals surface area contributed by atoms with Crippen molar-refractivity contribution in [1.82, 2.24) is 0 Å². The molecule has 2 aromatic carbocycles. The SMILES string of the molecule is Nc1ccc(Nc2ccc(S)cc2)cc1. The summed E-state index contributed by atoms with van der Waals surface area (Å²) < 4.78 is 0. The van der Waals surface area contributed by atoms with Gasteiger partial charge in [0.05, 0.1) is 0 Å². The number of thiol groups is 1. The second-order valence-corrected chi connectivity index (χ2v) is 3.81. The van der Waals surface area contributed by atoms with Crippen molar-refractivity contribution in [2.45, 2.75) is 4.90 Å². The highest BCUT2D eigenvalue weighted by molar-refractivity contribution is 7.80. The van der Waals surface area contributed by atoms with Crippen LogP contribution < -0.4 is 11.1 Å². The number of nitrogens with two attached hydrogens (primary N) is 1. The van der Waals surface area contributed by atoms with E-state index in [-0.39, 0.29) is 0 Å². The molecule has 2 nitrogen and oxygen atoms in total. The lowest BCUT2D eigenvalue weighted by atomic mass is 10.2. The highest BCUT2D eigenvalue weighted by atomic mass is 32.1. The van der Waals surface area contributed by atoms with Crippen molar-refractivity contribution in [3.8, 4) is 0 Å². The van der Waals surface area contributed by atoms with Gasteiger partial charge in [-0.3, -0.25) is 0 Å². The summed E-state index contributed by atoms with van der Waals surface area (Å²) in [5.74, 6) is 0. The van der Waals surface area contributed by atoms with Gasteiger partial charge < -0.3 is 11.1 Å². The first-order valence-corrected chi connectivity index (χ1v) is 5.10. The maximum Gasteiger partial charge on any atom is 0.0385 e. The Morgan fingerprint density at radius 1 is 0.800 bits per heavy atom. The second-order valence-electron chi connectivity index (χ2n) is 3.29. The van der Waals surface area contributed by atoms with Crippen molar-refractivity contribution < 1.29 is 0 Å². The lowest BCUT2D eigenvalue weighted by Gasteiger charge is -2.06. The molecule has 0 saturated carbocycles. The largest absolute Gasteiger partial charge is 0.399 e. The average Bonchev–Trinajstić information content (AvgIpc) is 2.25. The van der Waals surface area contributed by atoms with Gasteiger partial charge in [-0.05, 0) is 48.5 Å². The van der Waals surface area contributed by atoms with Gasteiger partial charge >= 0.3 is 0 Å². The van der Waals surface area contributed by atoms with Crippen LogP contribution in [0.15, 0.2) is 53.4 Å². The summed E-state index contributed by atoms with van der Waals surface area (Å²) in [6.45, 7) is 0. The van der Waals surface area contributed by atoms with Crippen molar-refractivity contribution in [2.24, 2.45) is 0 Å². The highest BCUT2D eigenvalue weighted by Crippen LogP contribution is 2.18. The van der Waals surface area contributed by atoms with Crippen molar-refractivity contribution in [2.75, 3.05) is 11.1 Å². The quantitative estimate of drug-likeness (QED) is 0.532. The summed E-state index contributed by atoms with van der Waals surface area (Å²) >= 11 is 4.23. The summed E-state index contributed by atoms with van der Waals surface area (Å²) in [5, 5.41) is 3.27. The molecule has 2 rings (SSSR count). The van der Waals surface area contributed by atoms with Crippen molar-refractivity contribution in [3.63, 3.8) is 0 Å². The predicted octanol–water partition coefficient (Wildman–Crippen LogP) is 3.30. The molecule has 0 atom stereocenters. The Bertz CT molecular complexity index is 391. The highest BCUT2D eigenvalue weighted by Gasteiger charge is 1.93. The van der Waals surface area contributed by atoms with E-state index in [1.54, 1.807) is 0 Å². The Balaban J connectivity index is 2.15. The average molecular weight is 216 g/mol. The van der Waals surface area contributed by atoms with Crippen molar-refractivity contribution >= 4 is 29.7 Å². The molecule has 15 heavy (non-hydrogen) atoms. The molecule has 0 aliphatic rings. The summed E-state index contributed by atoms with van der Waals surface area (Å²) in [6.07, 6.45) is 0. The van der Waals surface area contributed by atoms with E-state index in [1.807, 2.05) is 48.5 Å². The van der Waals surface area contributed by atoms with E-state index < -0.39 is 0 Å². The minimum absolute atomic E-state index is 0.770. The maximum absolute atomic E-state index is 5.60. The third kappa shape index (κ3) is 2.67. The van der Waals surface area contributed by atoms with E-state index in [0.717, 1.165) is 22.0 Å². The lowest BCUT2D eigenvalue weighted by molar-refractivity contribution is 1.45. The molecular weight excluding hydrogens is 204 g/mol. The number of benzene rings is 2. The summed E-state index contributed by atoms with van der Waals surface area (Å²) in [7, 11) is 0. The van der Waals surface area contributed by atoms with Crippen LogP contribution in [0.1, 0.15) is 0 Å². The molecule has 0 spiro atoms. The molecule has 76 valence electrons. The first-order valence-electron chi connectivity index (χ1n) is 4.66. The van der Waals surface area contributed by atoms with Crippen molar-refractivity contribution in [3.05, 3.63) is 48.5 Å². The van der Waals surface area contributed by atoms with Gasteiger partial charge in [-0.15, -0.1) is 12.6 Å². The van der Waals surface area contributed by atoms with Crippen LogP contribution in [0.5, 0.6) is 0 Å². The molecule has 0 amide bonds. The molecule has 0 saturated heterocycles. The molecule has 2 aromatic rings. The molecular formula is C12H12N2S. The third-order valence-corrected chi connectivity index (χ3v) is 2.36. The summed E-state index contributed by atoms with van der Waals surface area (Å²) in [6, 6.07) is 15.5. The van der Waals surface area contributed by atoms with Crippen LogP contribution in [0, 0.1) is 0 Å². The molecule has 0 aromatic heterocycles. The normalized spacial score (nSPS) is 9.93. The predicted molar refractivity (Wildman–Crippen MR) is 67.8 cm³/mol. The number of anilines is 3. The fourth-order valence-electron chi connectivity index (χ4n) is 1.28. The summed E-state index contributed by atoms with van der Waals surface area (Å²) in [4.78, 5) is 0.956. The van der Waals surface area contributed by atoms with Crippen LogP contribution in [-0.4, -0.2) is 0 Å². The van der Waals surface area contributed by atoms with Crippen LogP contribution in [-0.2, 0) is 0 Å². The van der Waals surface area contributed by atoms with Gasteiger partial charge in [0.25, 0.3) is 0 Å². The first kappa shape index (κ1) is 9.93. The van der Waals surface area contributed by atoms with Gasteiger partial charge in [-0.2, -0.15) is 0 Å². The van der Waals surface area contributed by atoms with Gasteiger partial charge in [0.1, 0.15) is 0 Å². The van der Waals surface area contributed by atoms with E-state index in [0.29, 0.717) is 0 Å². The van der Waals surface area contributed by atoms with Gasteiger partial charge in [0.15, 0.2) is 0 Å². The van der Waals surface area contributed by atoms with E-state index in [2.05, 4.69) is 17.9 Å². The third-order valence-electron chi connectivity index (χ3n) is 2.07. The van der Waals surface area contributed by atoms with E-state index >= 15 is 0 Å². The molecule has 0 aliphatic heterocycles. The van der Waals surface area contributed by atoms with Crippen molar-refractivity contribution in [1.29, 1.82) is 0 Å². The van der Waals surface area contributed by atoms with Gasteiger partial charge in [0.2, 0.25) is 0 Å². The Morgan fingerprint density at radius 3 is 1.80 bits per heavy atom. The summed E-state index contributed by atoms with van der Waals surface area (Å²) in [5.41, 5.74) is 8.44. The van der Waals surface area contributed by atoms with Crippen LogP contribution >= 0.6 is 12.6 Å². The number of nitrogens with one attached hydrogen (secondary N) is 1. The number of nitrogen functional groups attached to an aromatic ring is 1. The smallest absolute Gasteiger partial charge is 0.0385 e. The molecule has 0 radical (unpaired) electrons. The number of rotatable bonds is 2. The molecule has 0 unspecified atom stereocenters. The number of hydrogen-bond acceptors (Lipinski definition) is 3. The zero-order valence-corrected chi connectivity index (χ0v) is 9.04. The standard InChI is InChI=1S/C12H12N2S/c13-9-1-3-10(4-2-9)14-11-5-7-12(15)8-6-11/h1-8,14-15H,13H2. The minimum Gasteiger partial charge on any atom is -0.399 e. The zero-order chi connectivity index (χ0) is 10.7. The van der Waals surface area contributed by atoms with Crippen LogP contribution in [0.4, 0.5) is 17.1 Å². The Hall–Kier alpha value is -1.61. The maximum atomic E-state index is 5.60.